The lowest BCUT2D eigenvalue weighted by molar-refractivity contribution is -0.127. The van der Waals surface area contributed by atoms with Gasteiger partial charge in [0.15, 0.2) is 5.16 Å². The number of fused-ring (bicyclic) bond motifs is 1. The van der Waals surface area contributed by atoms with Crippen LogP contribution < -0.4 is 5.56 Å². The van der Waals surface area contributed by atoms with Crippen molar-refractivity contribution in [2.24, 2.45) is 0 Å². The number of benzene rings is 2. The van der Waals surface area contributed by atoms with Gasteiger partial charge in [0.2, 0.25) is 5.91 Å². The second-order valence-corrected chi connectivity index (χ2v) is 7.33. The molecular formula is C21H23N3O3S. The van der Waals surface area contributed by atoms with E-state index in [-0.39, 0.29) is 17.2 Å². The Labute approximate surface area is 168 Å². The number of hydrogen-bond donors (Lipinski definition) is 0. The number of rotatable bonds is 8. The quantitative estimate of drug-likeness (QED) is 0.432. The van der Waals surface area contributed by atoms with Crippen LogP contribution in [0.15, 0.2) is 64.5 Å². The molecule has 0 N–H and O–H groups in total. The molecule has 1 aromatic heterocycles. The molecule has 1 amide bonds. The van der Waals surface area contributed by atoms with Crippen LogP contribution in [-0.2, 0) is 22.6 Å². The number of hydrogen-bond acceptors (Lipinski definition) is 5. The van der Waals surface area contributed by atoms with E-state index in [1.807, 2.05) is 48.5 Å². The number of carbonyl (C=O) groups excluding carboxylic acids is 1. The fourth-order valence-corrected chi connectivity index (χ4v) is 3.79. The minimum atomic E-state index is -0.116. The van der Waals surface area contributed by atoms with E-state index in [9.17, 15) is 9.59 Å². The predicted molar refractivity (Wildman–Crippen MR) is 112 cm³/mol. The summed E-state index contributed by atoms with van der Waals surface area (Å²) >= 11 is 1.28. The number of carbonyl (C=O) groups is 1. The topological polar surface area (TPSA) is 64.4 Å². The van der Waals surface area contributed by atoms with E-state index in [1.54, 1.807) is 29.7 Å². The Morgan fingerprint density at radius 1 is 1.14 bits per heavy atom. The highest BCUT2D eigenvalue weighted by Crippen LogP contribution is 2.18. The van der Waals surface area contributed by atoms with Gasteiger partial charge in [0.1, 0.15) is 0 Å². The van der Waals surface area contributed by atoms with Crippen molar-refractivity contribution < 1.29 is 9.53 Å². The summed E-state index contributed by atoms with van der Waals surface area (Å²) in [5.41, 5.74) is 1.59. The van der Waals surface area contributed by atoms with Crippen molar-refractivity contribution in [3.63, 3.8) is 0 Å². The third-order valence-electron chi connectivity index (χ3n) is 4.36. The first-order chi connectivity index (χ1) is 13.6. The molecule has 146 valence electrons. The molecule has 0 aliphatic heterocycles. The third-order valence-corrected chi connectivity index (χ3v) is 5.32. The first-order valence-electron chi connectivity index (χ1n) is 8.99. The molecule has 0 bridgehead atoms. The normalized spacial score (nSPS) is 10.9. The second-order valence-electron chi connectivity index (χ2n) is 6.39. The lowest BCUT2D eigenvalue weighted by atomic mass is 10.2. The maximum atomic E-state index is 12.8. The molecule has 6 nitrogen and oxygen atoms in total. The van der Waals surface area contributed by atoms with E-state index < -0.39 is 0 Å². The Bertz CT molecular complexity index is 1000. The summed E-state index contributed by atoms with van der Waals surface area (Å²) in [6.07, 6.45) is 0. The van der Waals surface area contributed by atoms with Gasteiger partial charge in [-0.15, -0.1) is 0 Å². The first-order valence-corrected chi connectivity index (χ1v) is 9.98. The molecule has 3 rings (SSSR count). The van der Waals surface area contributed by atoms with Gasteiger partial charge in [-0.3, -0.25) is 14.2 Å². The Morgan fingerprint density at radius 2 is 1.86 bits per heavy atom. The van der Waals surface area contributed by atoms with Crippen LogP contribution in [0.3, 0.4) is 0 Å². The van der Waals surface area contributed by atoms with Crippen LogP contribution in [0.25, 0.3) is 10.9 Å². The van der Waals surface area contributed by atoms with Crippen LogP contribution in [-0.4, -0.2) is 46.9 Å². The number of para-hydroxylation sites is 1. The van der Waals surface area contributed by atoms with E-state index in [1.165, 1.54) is 11.8 Å². The predicted octanol–water partition coefficient (Wildman–Crippen LogP) is 2.79. The Morgan fingerprint density at radius 3 is 2.61 bits per heavy atom. The highest BCUT2D eigenvalue weighted by Gasteiger charge is 2.15. The van der Waals surface area contributed by atoms with Crippen LogP contribution in [0.5, 0.6) is 0 Å². The number of ether oxygens (including phenoxy) is 1. The lowest BCUT2D eigenvalue weighted by Crippen LogP contribution is -2.29. The zero-order valence-electron chi connectivity index (χ0n) is 16.0. The number of amides is 1. The molecule has 0 atom stereocenters. The van der Waals surface area contributed by atoms with Gasteiger partial charge < -0.3 is 9.64 Å². The molecule has 0 aliphatic rings. The summed E-state index contributed by atoms with van der Waals surface area (Å²) in [7, 11) is 3.37. The van der Waals surface area contributed by atoms with Crippen molar-refractivity contribution in [3.8, 4) is 0 Å². The first kappa shape index (κ1) is 20.1. The van der Waals surface area contributed by atoms with E-state index in [4.69, 9.17) is 4.74 Å². The molecule has 7 heteroatoms. The highest BCUT2D eigenvalue weighted by molar-refractivity contribution is 7.99. The summed E-state index contributed by atoms with van der Waals surface area (Å²) in [5, 5.41) is 1.10. The molecule has 28 heavy (non-hydrogen) atoms. The van der Waals surface area contributed by atoms with Gasteiger partial charge in [-0.1, -0.05) is 54.2 Å². The van der Waals surface area contributed by atoms with Gasteiger partial charge in [0.05, 0.1) is 29.8 Å². The van der Waals surface area contributed by atoms with E-state index in [0.717, 1.165) is 5.56 Å². The molecule has 0 saturated heterocycles. The van der Waals surface area contributed by atoms with Crippen LogP contribution in [0.2, 0.25) is 0 Å². The molecule has 2 aromatic carbocycles. The number of nitrogens with zero attached hydrogens (tertiary/aromatic N) is 3. The summed E-state index contributed by atoms with van der Waals surface area (Å²) in [6, 6.07) is 17.1. The van der Waals surface area contributed by atoms with Crippen molar-refractivity contribution in [3.05, 3.63) is 70.5 Å². The average Bonchev–Trinajstić information content (AvgIpc) is 2.72. The van der Waals surface area contributed by atoms with Gasteiger partial charge in [0, 0.05) is 20.7 Å². The maximum Gasteiger partial charge on any atom is 0.262 e. The average molecular weight is 398 g/mol. The minimum absolute atomic E-state index is 0.0189. The zero-order chi connectivity index (χ0) is 19.9. The summed E-state index contributed by atoms with van der Waals surface area (Å²) < 4.78 is 6.71. The van der Waals surface area contributed by atoms with Crippen molar-refractivity contribution >= 4 is 28.6 Å². The lowest BCUT2D eigenvalue weighted by Gasteiger charge is -2.18. The Hall–Kier alpha value is -2.64. The number of thioether (sulfide) groups is 1. The van der Waals surface area contributed by atoms with Crippen molar-refractivity contribution in [1.29, 1.82) is 0 Å². The SMILES string of the molecule is COCCn1c(SCC(=O)N(C)Cc2ccccc2)nc2ccccc2c1=O. The molecule has 0 radical (unpaired) electrons. The van der Waals surface area contributed by atoms with Gasteiger partial charge in [-0.2, -0.15) is 0 Å². The monoisotopic (exact) mass is 397 g/mol. The maximum absolute atomic E-state index is 12.8. The second kappa shape index (κ2) is 9.52. The minimum Gasteiger partial charge on any atom is -0.383 e. The van der Waals surface area contributed by atoms with Gasteiger partial charge in [-0.05, 0) is 17.7 Å². The molecule has 1 heterocycles. The van der Waals surface area contributed by atoms with Crippen molar-refractivity contribution in [1.82, 2.24) is 14.5 Å². The van der Waals surface area contributed by atoms with Crippen LogP contribution >= 0.6 is 11.8 Å². The third kappa shape index (κ3) is 4.79. The Kier molecular flexibility index (Phi) is 6.84. The zero-order valence-corrected chi connectivity index (χ0v) is 16.8. The van der Waals surface area contributed by atoms with Gasteiger partial charge >= 0.3 is 0 Å². The van der Waals surface area contributed by atoms with Crippen LogP contribution in [0, 0.1) is 0 Å². The molecule has 0 aliphatic carbocycles. The largest absolute Gasteiger partial charge is 0.383 e. The summed E-state index contributed by atoms with van der Waals surface area (Å²) in [4.78, 5) is 31.7. The molecule has 3 aromatic rings. The molecule has 0 saturated carbocycles. The summed E-state index contributed by atoms with van der Waals surface area (Å²) in [6.45, 7) is 1.33. The number of methoxy groups -OCH3 is 1. The van der Waals surface area contributed by atoms with E-state index >= 15 is 0 Å². The number of aromatic nitrogens is 2. The summed E-state index contributed by atoms with van der Waals surface area (Å²) in [5.74, 6) is 0.190. The smallest absolute Gasteiger partial charge is 0.262 e. The van der Waals surface area contributed by atoms with Crippen molar-refractivity contribution in [2.45, 2.75) is 18.2 Å². The van der Waals surface area contributed by atoms with Crippen molar-refractivity contribution in [2.75, 3.05) is 26.5 Å². The molecule has 0 spiro atoms. The standard InChI is InChI=1S/C21H23N3O3S/c1-23(14-16-8-4-3-5-9-16)19(25)15-28-21-22-18-11-7-6-10-17(18)20(26)24(21)12-13-27-2/h3-11H,12-15H2,1-2H3. The van der Waals surface area contributed by atoms with Gasteiger partial charge in [-0.25, -0.2) is 4.98 Å². The van der Waals surface area contributed by atoms with E-state index in [0.29, 0.717) is 35.8 Å². The van der Waals surface area contributed by atoms with Gasteiger partial charge in [0.25, 0.3) is 5.56 Å². The van der Waals surface area contributed by atoms with E-state index in [2.05, 4.69) is 4.98 Å². The fourth-order valence-electron chi connectivity index (χ4n) is 2.82. The molecule has 0 unspecified atom stereocenters. The molecular weight excluding hydrogens is 374 g/mol. The van der Waals surface area contributed by atoms with Crippen LogP contribution in [0.4, 0.5) is 0 Å². The highest BCUT2D eigenvalue weighted by atomic mass is 32.2. The fraction of sp³-hybridized carbons (Fsp3) is 0.286. The van der Waals surface area contributed by atoms with Crippen LogP contribution in [0.1, 0.15) is 5.56 Å². The Balaban J connectivity index is 1.77. The molecule has 0 fully saturated rings.